The van der Waals surface area contributed by atoms with Crippen molar-refractivity contribution in [3.8, 4) is 6.07 Å². The zero-order valence-electron chi connectivity index (χ0n) is 21.7. The van der Waals surface area contributed by atoms with Gasteiger partial charge < -0.3 is 10.0 Å². The van der Waals surface area contributed by atoms with E-state index in [2.05, 4.69) is 6.07 Å². The molecule has 5 nitrogen and oxygen atoms in total. The van der Waals surface area contributed by atoms with Gasteiger partial charge in [-0.15, -0.1) is 0 Å². The van der Waals surface area contributed by atoms with Gasteiger partial charge in [0.25, 0.3) is 5.91 Å². The van der Waals surface area contributed by atoms with E-state index in [1.165, 1.54) is 47.4 Å². The summed E-state index contributed by atoms with van der Waals surface area (Å²) in [5.74, 6) is -4.82. The van der Waals surface area contributed by atoms with E-state index in [1.807, 2.05) is 20.8 Å². The molecule has 2 aromatic carbocycles. The molecular formula is C30H28Cl2F2N2O3. The number of aromatic carboxylic acids is 1. The van der Waals surface area contributed by atoms with Gasteiger partial charge in [0.1, 0.15) is 17.1 Å². The summed E-state index contributed by atoms with van der Waals surface area (Å²) in [6, 6.07) is 10.8. The maximum absolute atomic E-state index is 15.8. The molecule has 0 spiro atoms. The largest absolute Gasteiger partial charge is 0.478 e. The highest BCUT2D eigenvalue weighted by Gasteiger charge is 2.61. The minimum Gasteiger partial charge on any atom is -0.478 e. The van der Waals surface area contributed by atoms with E-state index >= 15 is 8.78 Å². The molecule has 1 heterocycles. The molecule has 2 aromatic rings. The van der Waals surface area contributed by atoms with E-state index in [0.29, 0.717) is 6.42 Å². The van der Waals surface area contributed by atoms with E-state index in [0.717, 1.165) is 6.07 Å². The normalized spacial score (nSPS) is 25.1. The van der Waals surface area contributed by atoms with Crippen molar-refractivity contribution in [2.24, 2.45) is 17.3 Å². The number of carboxylic acid groups (broad SMARTS) is 1. The Bertz CT molecular complexity index is 1430. The number of nitriles is 1. The lowest BCUT2D eigenvalue weighted by molar-refractivity contribution is 0.0660. The summed E-state index contributed by atoms with van der Waals surface area (Å²) in [7, 11) is 0. The fraction of sp³-hybridized carbons (Fsp3) is 0.367. The van der Waals surface area contributed by atoms with Crippen LogP contribution in [-0.4, -0.2) is 34.5 Å². The second-order valence-electron chi connectivity index (χ2n) is 11.3. The van der Waals surface area contributed by atoms with Gasteiger partial charge in [-0.1, -0.05) is 62.2 Å². The molecule has 1 N–H and O–H groups in total. The van der Waals surface area contributed by atoms with E-state index in [4.69, 9.17) is 23.2 Å². The molecule has 0 aromatic heterocycles. The van der Waals surface area contributed by atoms with Gasteiger partial charge in [0.15, 0.2) is 0 Å². The van der Waals surface area contributed by atoms with Crippen molar-refractivity contribution in [2.45, 2.75) is 45.1 Å². The highest BCUT2D eigenvalue weighted by molar-refractivity contribution is 6.31. The Hall–Kier alpha value is -3.21. The zero-order chi connectivity index (χ0) is 28.7. The first-order chi connectivity index (χ1) is 18.3. The lowest BCUT2D eigenvalue weighted by Gasteiger charge is -2.41. The number of halogens is 4. The number of carbonyl (C=O) groups is 2. The fourth-order valence-electron chi connectivity index (χ4n) is 6.01. The number of nitrogens with zero attached hydrogens (tertiary/aromatic N) is 2. The molecule has 0 radical (unpaired) electrons. The third-order valence-corrected chi connectivity index (χ3v) is 8.03. The summed E-state index contributed by atoms with van der Waals surface area (Å²) < 4.78 is 31.5. The molecule has 1 aliphatic heterocycles. The Labute approximate surface area is 236 Å². The van der Waals surface area contributed by atoms with Crippen molar-refractivity contribution in [1.29, 1.82) is 5.26 Å². The molecule has 1 aliphatic carbocycles. The van der Waals surface area contributed by atoms with E-state index in [1.54, 1.807) is 6.08 Å². The number of amides is 1. The number of benzene rings is 2. The minimum atomic E-state index is -1.66. The molecule has 0 saturated carbocycles. The first-order valence-electron chi connectivity index (χ1n) is 12.5. The molecule has 0 bridgehead atoms. The topological polar surface area (TPSA) is 81.4 Å². The van der Waals surface area contributed by atoms with Gasteiger partial charge in [-0.05, 0) is 54.7 Å². The molecular weight excluding hydrogens is 545 g/mol. The molecule has 1 fully saturated rings. The standard InChI is InChI=1S/C30H28Cl2F2N2O3/c1-29(2,3)14-19-15-36(27(37)17-6-4-7-18(12-17)28(38)39)26(21-8-5-9-23(32)25(21)34)30(19,16-35)22-11-10-20(31)13-24(22)33/h4-7,9-13,19,21,26H,8,14-15H2,1-3H3,(H,38,39)/t19-,21?,26-,30-/m1/s1. The molecule has 204 valence electrons. The van der Waals surface area contributed by atoms with Crippen LogP contribution in [0.5, 0.6) is 0 Å². The van der Waals surface area contributed by atoms with Crippen molar-refractivity contribution >= 4 is 35.1 Å². The van der Waals surface area contributed by atoms with E-state index < -0.39 is 46.8 Å². The summed E-state index contributed by atoms with van der Waals surface area (Å²) in [6.07, 6.45) is 3.64. The van der Waals surface area contributed by atoms with Crippen LogP contribution in [0.4, 0.5) is 8.78 Å². The Morgan fingerprint density at radius 2 is 1.85 bits per heavy atom. The van der Waals surface area contributed by atoms with E-state index in [9.17, 15) is 20.0 Å². The Kier molecular flexibility index (Phi) is 7.93. The molecule has 1 unspecified atom stereocenters. The molecule has 9 heteroatoms. The molecule has 39 heavy (non-hydrogen) atoms. The highest BCUT2D eigenvalue weighted by Crippen LogP contribution is 2.54. The van der Waals surface area contributed by atoms with Gasteiger partial charge in [0.2, 0.25) is 0 Å². The van der Waals surface area contributed by atoms with Crippen LogP contribution < -0.4 is 0 Å². The average molecular weight is 573 g/mol. The monoisotopic (exact) mass is 572 g/mol. The second kappa shape index (κ2) is 10.7. The van der Waals surface area contributed by atoms with Crippen LogP contribution >= 0.6 is 23.2 Å². The summed E-state index contributed by atoms with van der Waals surface area (Å²) in [6.45, 7) is 5.95. The second-order valence-corrected chi connectivity index (χ2v) is 12.1. The van der Waals surface area contributed by atoms with Crippen molar-refractivity contribution in [3.05, 3.63) is 93.0 Å². The third kappa shape index (κ3) is 5.33. The maximum atomic E-state index is 15.8. The molecule has 1 amide bonds. The third-order valence-electron chi connectivity index (χ3n) is 7.49. The van der Waals surface area contributed by atoms with Crippen LogP contribution in [-0.2, 0) is 5.41 Å². The van der Waals surface area contributed by atoms with Gasteiger partial charge in [0.05, 0.1) is 22.7 Å². The highest BCUT2D eigenvalue weighted by atomic mass is 35.5. The number of rotatable bonds is 5. The van der Waals surface area contributed by atoms with Crippen molar-refractivity contribution in [3.63, 3.8) is 0 Å². The number of carboxylic acids is 1. The average Bonchev–Trinajstić information content (AvgIpc) is 3.18. The SMILES string of the molecule is CC(C)(C)C[C@@H]1CN(C(=O)c2cccc(C(=O)O)c2)[C@H](C2CC=CC(Cl)=C2F)[C@@]1(C#N)c1ccc(Cl)cc1F. The van der Waals surface area contributed by atoms with Crippen LogP contribution in [0.2, 0.25) is 5.02 Å². The minimum absolute atomic E-state index is 0.0266. The molecule has 4 rings (SSSR count). The summed E-state index contributed by atoms with van der Waals surface area (Å²) >= 11 is 12.2. The van der Waals surface area contributed by atoms with Crippen LogP contribution in [0.15, 0.2) is 65.5 Å². The number of likely N-dealkylation sites (tertiary alicyclic amines) is 1. The predicted octanol–water partition coefficient (Wildman–Crippen LogP) is 7.51. The summed E-state index contributed by atoms with van der Waals surface area (Å²) in [4.78, 5) is 27.1. The van der Waals surface area contributed by atoms with Gasteiger partial charge >= 0.3 is 5.97 Å². The van der Waals surface area contributed by atoms with Crippen LogP contribution in [0.25, 0.3) is 0 Å². The number of hydrogen-bond acceptors (Lipinski definition) is 3. The predicted molar refractivity (Wildman–Crippen MR) is 146 cm³/mol. The first kappa shape index (κ1) is 28.8. The summed E-state index contributed by atoms with van der Waals surface area (Å²) in [5.41, 5.74) is -1.98. The lowest BCUT2D eigenvalue weighted by atomic mass is 9.61. The number of carbonyl (C=O) groups excluding carboxylic acids is 1. The Morgan fingerprint density at radius 1 is 1.15 bits per heavy atom. The first-order valence-corrected chi connectivity index (χ1v) is 13.3. The van der Waals surface area contributed by atoms with Gasteiger partial charge in [0, 0.05) is 34.5 Å². The lowest BCUT2D eigenvalue weighted by Crippen LogP contribution is -2.51. The molecule has 1 saturated heterocycles. The van der Waals surface area contributed by atoms with E-state index in [-0.39, 0.29) is 45.1 Å². The van der Waals surface area contributed by atoms with Crippen LogP contribution in [0.3, 0.4) is 0 Å². The number of allylic oxidation sites excluding steroid dienone is 3. The van der Waals surface area contributed by atoms with Crippen molar-refractivity contribution < 1.29 is 23.5 Å². The maximum Gasteiger partial charge on any atom is 0.335 e. The van der Waals surface area contributed by atoms with Crippen LogP contribution in [0.1, 0.15) is 59.9 Å². The van der Waals surface area contributed by atoms with Crippen molar-refractivity contribution in [2.75, 3.05) is 6.54 Å². The van der Waals surface area contributed by atoms with Gasteiger partial charge in [-0.3, -0.25) is 4.79 Å². The van der Waals surface area contributed by atoms with Crippen molar-refractivity contribution in [1.82, 2.24) is 4.90 Å². The number of hydrogen-bond donors (Lipinski definition) is 1. The quantitative estimate of drug-likeness (QED) is 0.402. The Morgan fingerprint density at radius 3 is 2.46 bits per heavy atom. The fourth-order valence-corrected chi connectivity index (χ4v) is 6.40. The zero-order valence-corrected chi connectivity index (χ0v) is 23.2. The molecule has 2 aliphatic rings. The van der Waals surface area contributed by atoms with Gasteiger partial charge in [-0.25, -0.2) is 13.6 Å². The van der Waals surface area contributed by atoms with Crippen LogP contribution in [0, 0.1) is 34.4 Å². The smallest absolute Gasteiger partial charge is 0.335 e. The Balaban J connectivity index is 1.99. The summed E-state index contributed by atoms with van der Waals surface area (Å²) in [5, 5.41) is 20.4. The van der Waals surface area contributed by atoms with Gasteiger partial charge in [-0.2, -0.15) is 5.26 Å². The molecule has 4 atom stereocenters.